The van der Waals surface area contributed by atoms with E-state index in [1.807, 2.05) is 0 Å². The van der Waals surface area contributed by atoms with E-state index in [0.717, 1.165) is 0 Å². The highest BCUT2D eigenvalue weighted by Crippen LogP contribution is 2.21. The molecule has 0 amide bonds. The number of aromatic nitrogens is 2. The molecular weight excluding hydrogens is 398 g/mol. The van der Waals surface area contributed by atoms with E-state index >= 15 is 0 Å². The van der Waals surface area contributed by atoms with Gasteiger partial charge in [-0.3, -0.25) is 4.79 Å². The highest BCUT2D eigenvalue weighted by Gasteiger charge is 2.23. The van der Waals surface area contributed by atoms with Gasteiger partial charge in [0.25, 0.3) is 5.89 Å². The second-order valence-corrected chi connectivity index (χ2v) is 7.72. The van der Waals surface area contributed by atoms with Crippen LogP contribution in [0, 0.1) is 0 Å². The van der Waals surface area contributed by atoms with Crippen molar-refractivity contribution in [1.29, 1.82) is 0 Å². The van der Waals surface area contributed by atoms with Gasteiger partial charge in [-0.2, -0.15) is 9.71 Å². The van der Waals surface area contributed by atoms with E-state index in [4.69, 9.17) is 14.0 Å². The first kappa shape index (κ1) is 20.5. The fourth-order valence-corrected chi connectivity index (χ4v) is 3.61. The summed E-state index contributed by atoms with van der Waals surface area (Å²) in [6.45, 7) is 1.10. The van der Waals surface area contributed by atoms with Crippen LogP contribution in [-0.2, 0) is 26.2 Å². The van der Waals surface area contributed by atoms with Crippen molar-refractivity contribution in [3.8, 4) is 17.1 Å². The first-order valence-electron chi connectivity index (χ1n) is 8.60. The molecule has 29 heavy (non-hydrogen) atoms. The maximum atomic E-state index is 12.3. The van der Waals surface area contributed by atoms with E-state index in [2.05, 4.69) is 14.9 Å². The minimum absolute atomic E-state index is 0.0551. The summed E-state index contributed by atoms with van der Waals surface area (Å²) in [7, 11) is -2.29. The van der Waals surface area contributed by atoms with Crippen molar-refractivity contribution in [1.82, 2.24) is 14.9 Å². The summed E-state index contributed by atoms with van der Waals surface area (Å²) >= 11 is 0. The van der Waals surface area contributed by atoms with Crippen LogP contribution >= 0.6 is 0 Å². The van der Waals surface area contributed by atoms with Gasteiger partial charge in [-0.25, -0.2) is 8.42 Å². The molecule has 10 heteroatoms. The van der Waals surface area contributed by atoms with Gasteiger partial charge in [-0.05, 0) is 31.2 Å². The highest BCUT2D eigenvalue weighted by atomic mass is 32.2. The average molecular weight is 417 g/mol. The Bertz CT molecular complexity index is 1080. The van der Waals surface area contributed by atoms with Gasteiger partial charge in [0, 0.05) is 5.56 Å². The Morgan fingerprint density at radius 1 is 1.17 bits per heavy atom. The molecule has 0 radical (unpaired) electrons. The number of sulfonamides is 1. The van der Waals surface area contributed by atoms with Crippen LogP contribution in [0.2, 0.25) is 0 Å². The quantitative estimate of drug-likeness (QED) is 0.554. The SMILES string of the molecule is COc1cccc(-c2noc(COC(=O)[C@H](C)NS(=O)(=O)c3ccccc3)n2)c1. The zero-order valence-corrected chi connectivity index (χ0v) is 16.5. The number of esters is 1. The molecule has 0 saturated carbocycles. The summed E-state index contributed by atoms with van der Waals surface area (Å²) in [6.07, 6.45) is 0. The Kier molecular flexibility index (Phi) is 6.25. The van der Waals surface area contributed by atoms with Crippen molar-refractivity contribution >= 4 is 16.0 Å². The number of benzene rings is 2. The second-order valence-electron chi connectivity index (χ2n) is 6.01. The molecule has 0 aliphatic heterocycles. The number of hydrogen-bond acceptors (Lipinski definition) is 8. The second kappa shape index (κ2) is 8.84. The first-order valence-corrected chi connectivity index (χ1v) is 10.1. The van der Waals surface area contributed by atoms with Crippen molar-refractivity contribution < 1.29 is 27.2 Å². The van der Waals surface area contributed by atoms with Gasteiger partial charge in [0.05, 0.1) is 12.0 Å². The van der Waals surface area contributed by atoms with Gasteiger partial charge >= 0.3 is 5.97 Å². The van der Waals surface area contributed by atoms with Crippen LogP contribution in [0.3, 0.4) is 0 Å². The first-order chi connectivity index (χ1) is 13.9. The number of methoxy groups -OCH3 is 1. The monoisotopic (exact) mass is 417 g/mol. The summed E-state index contributed by atoms with van der Waals surface area (Å²) in [5.41, 5.74) is 0.676. The average Bonchev–Trinajstić information content (AvgIpc) is 3.21. The molecule has 9 nitrogen and oxygen atoms in total. The molecule has 0 saturated heterocycles. The molecule has 152 valence electrons. The minimum atomic E-state index is -3.84. The zero-order chi connectivity index (χ0) is 20.9. The third kappa shape index (κ3) is 5.18. The van der Waals surface area contributed by atoms with Crippen LogP contribution in [-0.4, -0.2) is 37.7 Å². The Labute approximate surface area is 167 Å². The van der Waals surface area contributed by atoms with Crippen molar-refractivity contribution in [2.24, 2.45) is 0 Å². The molecule has 0 unspecified atom stereocenters. The standard InChI is InChI=1S/C19H19N3O6S/c1-13(22-29(24,25)16-9-4-3-5-10-16)19(23)27-12-17-20-18(21-28-17)14-7-6-8-15(11-14)26-2/h3-11,13,22H,12H2,1-2H3/t13-/m0/s1. The van der Waals surface area contributed by atoms with Crippen LogP contribution in [0.1, 0.15) is 12.8 Å². The van der Waals surface area contributed by atoms with Gasteiger partial charge < -0.3 is 14.0 Å². The molecule has 3 rings (SSSR count). The lowest BCUT2D eigenvalue weighted by Gasteiger charge is -2.13. The highest BCUT2D eigenvalue weighted by molar-refractivity contribution is 7.89. The Morgan fingerprint density at radius 3 is 2.66 bits per heavy atom. The fourth-order valence-electron chi connectivity index (χ4n) is 2.40. The van der Waals surface area contributed by atoms with Crippen LogP contribution in [0.25, 0.3) is 11.4 Å². The molecule has 1 aromatic heterocycles. The third-order valence-electron chi connectivity index (χ3n) is 3.87. The van der Waals surface area contributed by atoms with Crippen LogP contribution in [0.15, 0.2) is 64.0 Å². The van der Waals surface area contributed by atoms with E-state index in [0.29, 0.717) is 17.1 Å². The molecule has 0 bridgehead atoms. The summed E-state index contributed by atoms with van der Waals surface area (Å²) in [6, 6.07) is 13.7. The molecule has 0 fully saturated rings. The summed E-state index contributed by atoms with van der Waals surface area (Å²) in [5, 5.41) is 3.84. The third-order valence-corrected chi connectivity index (χ3v) is 5.43. The number of rotatable bonds is 8. The van der Waals surface area contributed by atoms with Gasteiger partial charge in [0.15, 0.2) is 6.61 Å². The molecule has 1 atom stereocenters. The summed E-state index contributed by atoms with van der Waals surface area (Å²) in [4.78, 5) is 16.3. The lowest BCUT2D eigenvalue weighted by molar-refractivity contribution is -0.147. The van der Waals surface area contributed by atoms with Crippen molar-refractivity contribution in [2.45, 2.75) is 24.5 Å². The number of carbonyl (C=O) groups excluding carboxylic acids is 1. The van der Waals surface area contributed by atoms with Crippen molar-refractivity contribution in [3.63, 3.8) is 0 Å². The predicted molar refractivity (Wildman–Crippen MR) is 102 cm³/mol. The van der Waals surface area contributed by atoms with E-state index in [1.165, 1.54) is 19.1 Å². The smallest absolute Gasteiger partial charge is 0.324 e. The van der Waals surface area contributed by atoms with Crippen LogP contribution < -0.4 is 9.46 Å². The van der Waals surface area contributed by atoms with E-state index in [9.17, 15) is 13.2 Å². The van der Waals surface area contributed by atoms with Crippen LogP contribution in [0.4, 0.5) is 0 Å². The van der Waals surface area contributed by atoms with E-state index in [-0.39, 0.29) is 17.4 Å². The Morgan fingerprint density at radius 2 is 1.93 bits per heavy atom. The van der Waals surface area contributed by atoms with Crippen LogP contribution in [0.5, 0.6) is 5.75 Å². The number of nitrogens with zero attached hydrogens (tertiary/aromatic N) is 2. The van der Waals surface area contributed by atoms with Gasteiger partial charge in [-0.1, -0.05) is 35.5 Å². The molecule has 3 aromatic rings. The number of hydrogen-bond donors (Lipinski definition) is 1. The van der Waals surface area contributed by atoms with Gasteiger partial charge in [0.2, 0.25) is 15.8 Å². The normalized spacial score (nSPS) is 12.3. The molecular formula is C19H19N3O6S. The van der Waals surface area contributed by atoms with Gasteiger partial charge in [-0.15, -0.1) is 0 Å². The summed E-state index contributed by atoms with van der Waals surface area (Å²) in [5.74, 6) is 0.257. The topological polar surface area (TPSA) is 121 Å². The largest absolute Gasteiger partial charge is 0.497 e. The molecule has 0 aliphatic carbocycles. The van der Waals surface area contributed by atoms with Crippen molar-refractivity contribution in [3.05, 3.63) is 60.5 Å². The number of nitrogens with one attached hydrogen (secondary N) is 1. The molecule has 0 spiro atoms. The predicted octanol–water partition coefficient (Wildman–Crippen LogP) is 2.16. The minimum Gasteiger partial charge on any atom is -0.497 e. The number of carbonyl (C=O) groups is 1. The summed E-state index contributed by atoms with van der Waals surface area (Å²) < 4.78 is 42.1. The zero-order valence-electron chi connectivity index (χ0n) is 15.7. The molecule has 0 aliphatic rings. The molecule has 2 aromatic carbocycles. The maximum Gasteiger partial charge on any atom is 0.324 e. The lowest BCUT2D eigenvalue weighted by Crippen LogP contribution is -2.39. The maximum absolute atomic E-state index is 12.3. The fraction of sp³-hybridized carbons (Fsp3) is 0.211. The Hall–Kier alpha value is -3.24. The van der Waals surface area contributed by atoms with E-state index in [1.54, 1.807) is 49.6 Å². The van der Waals surface area contributed by atoms with Gasteiger partial charge in [0.1, 0.15) is 11.8 Å². The lowest BCUT2D eigenvalue weighted by atomic mass is 10.2. The Balaban J connectivity index is 1.58. The number of ether oxygens (including phenoxy) is 2. The molecule has 1 N–H and O–H groups in total. The van der Waals surface area contributed by atoms with E-state index < -0.39 is 22.0 Å². The molecule has 1 heterocycles. The van der Waals surface area contributed by atoms with Crippen molar-refractivity contribution in [2.75, 3.05) is 7.11 Å².